The predicted octanol–water partition coefficient (Wildman–Crippen LogP) is 2.07. The maximum Gasteiger partial charge on any atom is 0.410 e. The quantitative estimate of drug-likeness (QED) is 0.847. The van der Waals surface area contributed by atoms with Crippen molar-refractivity contribution in [3.63, 3.8) is 0 Å². The molecule has 1 aliphatic rings. The van der Waals surface area contributed by atoms with Crippen LogP contribution in [-0.2, 0) is 4.74 Å². The third-order valence-corrected chi connectivity index (χ3v) is 3.69. The van der Waals surface area contributed by atoms with Gasteiger partial charge in [0.2, 0.25) is 0 Å². The Kier molecular flexibility index (Phi) is 3.33. The molecule has 5 nitrogen and oxygen atoms in total. The normalized spacial score (nSPS) is 23.7. The van der Waals surface area contributed by atoms with Crippen LogP contribution in [0, 0.1) is 6.92 Å². The van der Waals surface area contributed by atoms with Crippen LogP contribution >= 0.6 is 11.3 Å². The first-order valence-electron chi connectivity index (χ1n) is 5.95. The molecule has 2 atom stereocenters. The number of ether oxygens (including phenoxy) is 1. The van der Waals surface area contributed by atoms with Gasteiger partial charge in [0.15, 0.2) is 0 Å². The lowest BCUT2D eigenvalue weighted by Gasteiger charge is -2.45. The number of hydrogen-bond acceptors (Lipinski definition) is 5. The number of amides is 1. The summed E-state index contributed by atoms with van der Waals surface area (Å²) in [6, 6.07) is -0.122. The maximum atomic E-state index is 12.0. The minimum atomic E-state index is -0.481. The van der Waals surface area contributed by atoms with Gasteiger partial charge in [-0.3, -0.25) is 4.90 Å². The molecule has 0 aromatic carbocycles. The Labute approximate surface area is 111 Å². The molecule has 6 heteroatoms. The summed E-state index contributed by atoms with van der Waals surface area (Å²) in [5.41, 5.74) is 5.50. The molecule has 2 heterocycles. The van der Waals surface area contributed by atoms with Crippen molar-refractivity contribution in [2.24, 2.45) is 5.73 Å². The number of likely N-dealkylation sites (tertiary alicyclic amines) is 1. The Balaban J connectivity index is 2.09. The van der Waals surface area contributed by atoms with E-state index in [1.54, 1.807) is 22.4 Å². The third-order valence-electron chi connectivity index (χ3n) is 2.71. The van der Waals surface area contributed by atoms with Crippen molar-refractivity contribution in [2.75, 3.05) is 6.54 Å². The van der Waals surface area contributed by atoms with E-state index in [0.29, 0.717) is 6.54 Å². The molecular weight excluding hydrogens is 250 g/mol. The summed E-state index contributed by atoms with van der Waals surface area (Å²) in [6.07, 6.45) is 1.49. The molecule has 2 unspecified atom stereocenters. The molecule has 1 amide bonds. The number of hydrogen-bond donors (Lipinski definition) is 1. The Morgan fingerprint density at radius 3 is 2.72 bits per heavy atom. The first-order valence-corrected chi connectivity index (χ1v) is 6.77. The summed E-state index contributed by atoms with van der Waals surface area (Å²) in [4.78, 5) is 18.9. The third kappa shape index (κ3) is 2.64. The van der Waals surface area contributed by atoms with E-state index in [-0.39, 0.29) is 18.2 Å². The molecular formula is C12H19N3O2S. The smallest absolute Gasteiger partial charge is 0.410 e. The largest absolute Gasteiger partial charge is 0.444 e. The van der Waals surface area contributed by atoms with Crippen LogP contribution in [0.15, 0.2) is 6.20 Å². The van der Waals surface area contributed by atoms with Crippen LogP contribution in [-0.4, -0.2) is 34.2 Å². The summed E-state index contributed by atoms with van der Waals surface area (Å²) < 4.78 is 5.36. The van der Waals surface area contributed by atoms with E-state index in [1.807, 2.05) is 27.7 Å². The zero-order valence-electron chi connectivity index (χ0n) is 11.1. The van der Waals surface area contributed by atoms with E-state index in [4.69, 9.17) is 10.5 Å². The van der Waals surface area contributed by atoms with Crippen LogP contribution < -0.4 is 5.73 Å². The highest BCUT2D eigenvalue weighted by Crippen LogP contribution is 2.36. The summed E-state index contributed by atoms with van der Waals surface area (Å²) in [6.45, 7) is 8.05. The molecule has 0 aliphatic carbocycles. The standard InChI is InChI=1S/C12H19N3O2S/c1-7-14-5-9(18-7)10-8(13)6-15(10)11(16)17-12(2,3)4/h5,8,10H,6,13H2,1-4H3. The van der Waals surface area contributed by atoms with Gasteiger partial charge in [-0.15, -0.1) is 11.3 Å². The fourth-order valence-corrected chi connectivity index (χ4v) is 2.90. The molecule has 1 aliphatic heterocycles. The van der Waals surface area contributed by atoms with Crippen LogP contribution in [0.3, 0.4) is 0 Å². The number of carbonyl (C=O) groups excluding carboxylic acids is 1. The zero-order valence-corrected chi connectivity index (χ0v) is 12.0. The first kappa shape index (κ1) is 13.3. The van der Waals surface area contributed by atoms with E-state index in [1.165, 1.54) is 0 Å². The van der Waals surface area contributed by atoms with Crippen LogP contribution in [0.1, 0.15) is 36.7 Å². The number of aryl methyl sites for hydroxylation is 1. The van der Waals surface area contributed by atoms with Crippen molar-refractivity contribution in [3.05, 3.63) is 16.1 Å². The molecule has 2 rings (SSSR count). The number of nitrogens with zero attached hydrogens (tertiary/aromatic N) is 2. The molecule has 1 saturated heterocycles. The molecule has 100 valence electrons. The van der Waals surface area contributed by atoms with Gasteiger partial charge in [-0.05, 0) is 27.7 Å². The van der Waals surface area contributed by atoms with Crippen LogP contribution in [0.2, 0.25) is 0 Å². The minimum absolute atomic E-state index is 0.0302. The molecule has 2 N–H and O–H groups in total. The average Bonchev–Trinajstić information content (AvgIpc) is 2.57. The minimum Gasteiger partial charge on any atom is -0.444 e. The fraction of sp³-hybridized carbons (Fsp3) is 0.667. The van der Waals surface area contributed by atoms with Gasteiger partial charge in [-0.25, -0.2) is 9.78 Å². The van der Waals surface area contributed by atoms with Crippen LogP contribution in [0.25, 0.3) is 0 Å². The summed E-state index contributed by atoms with van der Waals surface area (Å²) in [5.74, 6) is 0. The fourth-order valence-electron chi connectivity index (χ4n) is 1.92. The average molecular weight is 269 g/mol. The zero-order chi connectivity index (χ0) is 13.5. The van der Waals surface area contributed by atoms with Crippen molar-refractivity contribution in [1.29, 1.82) is 0 Å². The van der Waals surface area contributed by atoms with Gasteiger partial charge < -0.3 is 10.5 Å². The van der Waals surface area contributed by atoms with Gasteiger partial charge in [0.25, 0.3) is 0 Å². The Morgan fingerprint density at radius 1 is 1.61 bits per heavy atom. The van der Waals surface area contributed by atoms with Crippen LogP contribution in [0.5, 0.6) is 0 Å². The Bertz CT molecular complexity index is 452. The second-order valence-corrected chi connectivity index (χ2v) is 6.79. The number of thiazole rings is 1. The molecule has 1 fully saturated rings. The van der Waals surface area contributed by atoms with Crippen molar-refractivity contribution in [1.82, 2.24) is 9.88 Å². The van der Waals surface area contributed by atoms with Crippen LogP contribution in [0.4, 0.5) is 4.79 Å². The molecule has 0 spiro atoms. The molecule has 18 heavy (non-hydrogen) atoms. The van der Waals surface area contributed by atoms with Crippen molar-refractivity contribution >= 4 is 17.4 Å². The molecule has 1 aromatic heterocycles. The van der Waals surface area contributed by atoms with E-state index < -0.39 is 5.60 Å². The van der Waals surface area contributed by atoms with Crippen molar-refractivity contribution in [2.45, 2.75) is 45.4 Å². The molecule has 0 radical (unpaired) electrons. The van der Waals surface area contributed by atoms with E-state index >= 15 is 0 Å². The van der Waals surface area contributed by atoms with Gasteiger partial charge in [-0.2, -0.15) is 0 Å². The molecule has 0 bridgehead atoms. The van der Waals surface area contributed by atoms with Gasteiger partial charge in [-0.1, -0.05) is 0 Å². The van der Waals surface area contributed by atoms with E-state index in [9.17, 15) is 4.79 Å². The number of rotatable bonds is 1. The lowest BCUT2D eigenvalue weighted by Crippen LogP contribution is -2.60. The van der Waals surface area contributed by atoms with Gasteiger partial charge in [0.05, 0.1) is 11.0 Å². The second-order valence-electron chi connectivity index (χ2n) is 5.52. The van der Waals surface area contributed by atoms with Gasteiger partial charge >= 0.3 is 6.09 Å². The summed E-state index contributed by atoms with van der Waals surface area (Å²) >= 11 is 1.57. The Hall–Kier alpha value is -1.14. The van der Waals surface area contributed by atoms with E-state index in [0.717, 1.165) is 9.88 Å². The number of nitrogens with two attached hydrogens (primary N) is 1. The summed E-state index contributed by atoms with van der Waals surface area (Å²) in [5, 5.41) is 0.980. The molecule has 1 aromatic rings. The first-order chi connectivity index (χ1) is 8.28. The van der Waals surface area contributed by atoms with Crippen molar-refractivity contribution < 1.29 is 9.53 Å². The lowest BCUT2D eigenvalue weighted by molar-refractivity contribution is -0.0126. The Morgan fingerprint density at radius 2 is 2.28 bits per heavy atom. The second kappa shape index (κ2) is 4.51. The lowest BCUT2D eigenvalue weighted by atomic mass is 9.97. The highest BCUT2D eigenvalue weighted by atomic mass is 32.1. The summed E-state index contributed by atoms with van der Waals surface area (Å²) in [7, 11) is 0. The van der Waals surface area contributed by atoms with E-state index in [2.05, 4.69) is 4.98 Å². The van der Waals surface area contributed by atoms with Gasteiger partial charge in [0.1, 0.15) is 5.60 Å². The predicted molar refractivity (Wildman–Crippen MR) is 70.5 cm³/mol. The van der Waals surface area contributed by atoms with Gasteiger partial charge in [0, 0.05) is 23.7 Å². The highest BCUT2D eigenvalue weighted by Gasteiger charge is 2.43. The number of aromatic nitrogens is 1. The SMILES string of the molecule is Cc1ncc(C2C(N)CN2C(=O)OC(C)(C)C)s1. The van der Waals surface area contributed by atoms with Crippen molar-refractivity contribution in [3.8, 4) is 0 Å². The topological polar surface area (TPSA) is 68.5 Å². The molecule has 0 saturated carbocycles. The number of carbonyl (C=O) groups is 1. The monoisotopic (exact) mass is 269 g/mol. The highest BCUT2D eigenvalue weighted by molar-refractivity contribution is 7.11. The maximum absolute atomic E-state index is 12.0.